The van der Waals surface area contributed by atoms with Gasteiger partial charge in [0.25, 0.3) is 0 Å². The van der Waals surface area contributed by atoms with Crippen LogP contribution < -0.4 is 5.73 Å². The molecular formula is C10H23N3O. The van der Waals surface area contributed by atoms with Crippen molar-refractivity contribution >= 4 is 0 Å². The van der Waals surface area contributed by atoms with E-state index < -0.39 is 0 Å². The van der Waals surface area contributed by atoms with Crippen LogP contribution in [0.5, 0.6) is 0 Å². The fraction of sp³-hybridized carbons (Fsp3) is 1.00. The lowest BCUT2D eigenvalue weighted by molar-refractivity contribution is 0.164. The summed E-state index contributed by atoms with van der Waals surface area (Å²) in [4.78, 5) is 4.74. The molecule has 0 saturated carbocycles. The van der Waals surface area contributed by atoms with Gasteiger partial charge in [0.15, 0.2) is 0 Å². The summed E-state index contributed by atoms with van der Waals surface area (Å²) >= 11 is 0. The lowest BCUT2D eigenvalue weighted by Gasteiger charge is -2.29. The van der Waals surface area contributed by atoms with Crippen molar-refractivity contribution < 1.29 is 5.11 Å². The molecule has 0 aromatic carbocycles. The first-order valence-corrected chi connectivity index (χ1v) is 5.42. The fourth-order valence-electron chi connectivity index (χ4n) is 2.05. The van der Waals surface area contributed by atoms with Crippen LogP contribution in [0.2, 0.25) is 0 Å². The largest absolute Gasteiger partial charge is 0.395 e. The average molecular weight is 201 g/mol. The number of hydrogen-bond acceptors (Lipinski definition) is 4. The Kier molecular flexibility index (Phi) is 4.81. The Morgan fingerprint density at radius 1 is 1.50 bits per heavy atom. The van der Waals surface area contributed by atoms with Crippen LogP contribution in [0.4, 0.5) is 0 Å². The van der Waals surface area contributed by atoms with Crippen LogP contribution in [-0.2, 0) is 0 Å². The molecule has 1 aliphatic rings. The fourth-order valence-corrected chi connectivity index (χ4v) is 2.05. The third kappa shape index (κ3) is 3.53. The summed E-state index contributed by atoms with van der Waals surface area (Å²) in [6, 6.07) is 0.445. The van der Waals surface area contributed by atoms with Gasteiger partial charge < -0.3 is 15.7 Å². The van der Waals surface area contributed by atoms with Gasteiger partial charge in [-0.25, -0.2) is 0 Å². The standard InChI is InChI=1S/C10H23N3O/c1-9-6-12(2)4-3-5-13(9)7-10(11)8-14/h9-10,14H,3-8,11H2,1-2H3. The average Bonchev–Trinajstić information content (AvgIpc) is 2.29. The summed E-state index contributed by atoms with van der Waals surface area (Å²) in [7, 11) is 2.16. The van der Waals surface area contributed by atoms with E-state index >= 15 is 0 Å². The minimum atomic E-state index is -0.0964. The van der Waals surface area contributed by atoms with Crippen molar-refractivity contribution in [3.05, 3.63) is 0 Å². The quantitative estimate of drug-likeness (QED) is 0.636. The molecular weight excluding hydrogens is 178 g/mol. The monoisotopic (exact) mass is 201 g/mol. The molecule has 0 radical (unpaired) electrons. The minimum absolute atomic E-state index is 0.0824. The molecule has 2 atom stereocenters. The van der Waals surface area contributed by atoms with Crippen molar-refractivity contribution in [2.75, 3.05) is 39.8 Å². The molecule has 4 heteroatoms. The van der Waals surface area contributed by atoms with E-state index in [-0.39, 0.29) is 12.6 Å². The Balaban J connectivity index is 2.42. The lowest BCUT2D eigenvalue weighted by atomic mass is 10.2. The Morgan fingerprint density at radius 3 is 2.86 bits per heavy atom. The van der Waals surface area contributed by atoms with Crippen LogP contribution in [0.25, 0.3) is 0 Å². The van der Waals surface area contributed by atoms with E-state index in [1.807, 2.05) is 0 Å². The zero-order valence-corrected chi connectivity index (χ0v) is 9.32. The van der Waals surface area contributed by atoms with Crippen LogP contribution in [0.15, 0.2) is 0 Å². The number of rotatable bonds is 3. The second-order valence-corrected chi connectivity index (χ2v) is 4.40. The van der Waals surface area contributed by atoms with Crippen LogP contribution in [0.3, 0.4) is 0 Å². The maximum atomic E-state index is 8.91. The molecule has 1 saturated heterocycles. The Bertz CT molecular complexity index is 165. The normalized spacial score (nSPS) is 28.7. The molecule has 1 heterocycles. The van der Waals surface area contributed by atoms with Gasteiger partial charge in [0.1, 0.15) is 0 Å². The van der Waals surface area contributed by atoms with E-state index in [1.165, 1.54) is 6.42 Å². The smallest absolute Gasteiger partial charge is 0.0595 e. The highest BCUT2D eigenvalue weighted by Gasteiger charge is 2.20. The third-order valence-corrected chi connectivity index (χ3v) is 2.89. The topological polar surface area (TPSA) is 52.7 Å². The van der Waals surface area contributed by atoms with Crippen LogP contribution in [0.1, 0.15) is 13.3 Å². The van der Waals surface area contributed by atoms with Crippen LogP contribution in [-0.4, -0.2) is 66.8 Å². The first-order chi connectivity index (χ1) is 6.63. The molecule has 84 valence electrons. The van der Waals surface area contributed by atoms with Crippen molar-refractivity contribution in [3.8, 4) is 0 Å². The van der Waals surface area contributed by atoms with Gasteiger partial charge in [-0.15, -0.1) is 0 Å². The molecule has 0 bridgehead atoms. The number of aliphatic hydroxyl groups is 1. The zero-order valence-electron chi connectivity index (χ0n) is 9.32. The number of aliphatic hydroxyl groups excluding tert-OH is 1. The molecule has 14 heavy (non-hydrogen) atoms. The maximum Gasteiger partial charge on any atom is 0.0595 e. The van der Waals surface area contributed by atoms with Crippen molar-refractivity contribution in [2.45, 2.75) is 25.4 Å². The summed E-state index contributed by atoms with van der Waals surface area (Å²) < 4.78 is 0. The van der Waals surface area contributed by atoms with Crippen molar-refractivity contribution in [3.63, 3.8) is 0 Å². The second-order valence-electron chi connectivity index (χ2n) is 4.40. The van der Waals surface area contributed by atoms with E-state index in [2.05, 4.69) is 23.8 Å². The highest BCUT2D eigenvalue weighted by molar-refractivity contribution is 4.78. The van der Waals surface area contributed by atoms with Gasteiger partial charge in [0.2, 0.25) is 0 Å². The summed E-state index contributed by atoms with van der Waals surface area (Å²) in [5, 5.41) is 8.91. The van der Waals surface area contributed by atoms with Crippen LogP contribution in [0, 0.1) is 0 Å². The summed E-state index contributed by atoms with van der Waals surface area (Å²) in [5.74, 6) is 0. The second kappa shape index (κ2) is 5.66. The molecule has 0 spiro atoms. The molecule has 1 fully saturated rings. The maximum absolute atomic E-state index is 8.91. The third-order valence-electron chi connectivity index (χ3n) is 2.89. The predicted molar refractivity (Wildman–Crippen MR) is 58.2 cm³/mol. The highest BCUT2D eigenvalue weighted by atomic mass is 16.3. The van der Waals surface area contributed by atoms with E-state index in [4.69, 9.17) is 10.8 Å². The van der Waals surface area contributed by atoms with Crippen molar-refractivity contribution in [1.82, 2.24) is 9.80 Å². The Morgan fingerprint density at radius 2 is 2.21 bits per heavy atom. The molecule has 2 unspecified atom stereocenters. The molecule has 1 rings (SSSR count). The van der Waals surface area contributed by atoms with Crippen LogP contribution >= 0.6 is 0 Å². The summed E-state index contributed by atoms with van der Waals surface area (Å²) in [5.41, 5.74) is 5.75. The molecule has 0 aliphatic carbocycles. The van der Waals surface area contributed by atoms with Crippen molar-refractivity contribution in [2.24, 2.45) is 5.73 Å². The Labute approximate surface area is 86.7 Å². The summed E-state index contributed by atoms with van der Waals surface area (Å²) in [6.45, 7) is 6.48. The number of likely N-dealkylation sites (N-methyl/N-ethyl adjacent to an activating group) is 1. The van der Waals surface area contributed by atoms with Crippen molar-refractivity contribution in [1.29, 1.82) is 0 Å². The minimum Gasteiger partial charge on any atom is -0.395 e. The predicted octanol–water partition coefficient (Wildman–Crippen LogP) is -0.668. The SMILES string of the molecule is CC1CN(C)CCCN1CC(N)CO. The molecule has 1 aliphatic heterocycles. The zero-order chi connectivity index (χ0) is 10.6. The molecule has 0 aromatic rings. The van der Waals surface area contributed by atoms with E-state index in [0.717, 1.165) is 26.2 Å². The van der Waals surface area contributed by atoms with E-state index in [0.29, 0.717) is 6.04 Å². The van der Waals surface area contributed by atoms with Gasteiger partial charge >= 0.3 is 0 Å². The number of nitrogens with zero attached hydrogens (tertiary/aromatic N) is 2. The van der Waals surface area contributed by atoms with Gasteiger partial charge in [-0.2, -0.15) is 0 Å². The highest BCUT2D eigenvalue weighted by Crippen LogP contribution is 2.08. The molecule has 0 aromatic heterocycles. The summed E-state index contributed by atoms with van der Waals surface area (Å²) in [6.07, 6.45) is 1.19. The van der Waals surface area contributed by atoms with Gasteiger partial charge in [-0.1, -0.05) is 0 Å². The number of nitrogens with two attached hydrogens (primary N) is 1. The van der Waals surface area contributed by atoms with Gasteiger partial charge in [0, 0.05) is 25.2 Å². The molecule has 3 N–H and O–H groups in total. The lowest BCUT2D eigenvalue weighted by Crippen LogP contribution is -2.45. The van der Waals surface area contributed by atoms with Gasteiger partial charge in [-0.3, -0.25) is 4.90 Å². The number of hydrogen-bond donors (Lipinski definition) is 2. The van der Waals surface area contributed by atoms with Gasteiger partial charge in [0.05, 0.1) is 6.61 Å². The van der Waals surface area contributed by atoms with E-state index in [9.17, 15) is 0 Å². The van der Waals surface area contributed by atoms with E-state index in [1.54, 1.807) is 0 Å². The first kappa shape index (κ1) is 11.9. The molecule has 4 nitrogen and oxygen atoms in total. The molecule has 0 amide bonds. The van der Waals surface area contributed by atoms with Gasteiger partial charge in [-0.05, 0) is 33.5 Å². The first-order valence-electron chi connectivity index (χ1n) is 5.42. The Hall–Kier alpha value is -0.160.